The first kappa shape index (κ1) is 9.00. The van der Waals surface area contributed by atoms with Gasteiger partial charge in [-0.15, -0.1) is 0 Å². The van der Waals surface area contributed by atoms with Crippen LogP contribution in [0.1, 0.15) is 25.3 Å². The minimum absolute atomic E-state index is 0.161. The monoisotopic (exact) mass is 188 g/mol. The lowest BCUT2D eigenvalue weighted by Crippen LogP contribution is -2.08. The van der Waals surface area contributed by atoms with Gasteiger partial charge in [-0.2, -0.15) is 0 Å². The van der Waals surface area contributed by atoms with E-state index in [1.54, 1.807) is 0 Å². The van der Waals surface area contributed by atoms with Crippen LogP contribution in [0.3, 0.4) is 0 Å². The lowest BCUT2D eigenvalue weighted by atomic mass is 9.93. The molecule has 0 bridgehead atoms. The Morgan fingerprint density at radius 1 is 1.14 bits per heavy atom. The summed E-state index contributed by atoms with van der Waals surface area (Å²) >= 11 is 0. The standard InChI is InChI=1S/C12H12O2/c1-8-9(2)14-12(13)11(8)10-6-4-3-5-7-10/h3-7,11H,1-2H3/t11-/m0/s1. The van der Waals surface area contributed by atoms with Gasteiger partial charge in [-0.25, -0.2) is 0 Å². The van der Waals surface area contributed by atoms with Crippen molar-refractivity contribution in [3.05, 3.63) is 47.2 Å². The highest BCUT2D eigenvalue weighted by atomic mass is 16.5. The molecule has 14 heavy (non-hydrogen) atoms. The fourth-order valence-corrected chi connectivity index (χ4v) is 1.70. The van der Waals surface area contributed by atoms with Crippen molar-refractivity contribution >= 4 is 5.97 Å². The first-order chi connectivity index (χ1) is 6.70. The summed E-state index contributed by atoms with van der Waals surface area (Å²) in [6, 6.07) is 9.71. The number of allylic oxidation sites excluding steroid dienone is 1. The molecule has 0 spiro atoms. The zero-order valence-electron chi connectivity index (χ0n) is 8.28. The Kier molecular flexibility index (Phi) is 2.12. The molecule has 1 aliphatic rings. The Hall–Kier alpha value is -1.57. The number of esters is 1. The number of ether oxygens (including phenoxy) is 1. The Labute approximate surface area is 83.2 Å². The van der Waals surface area contributed by atoms with Gasteiger partial charge < -0.3 is 4.74 Å². The molecule has 2 heteroatoms. The lowest BCUT2D eigenvalue weighted by molar-refractivity contribution is -0.137. The third kappa shape index (κ3) is 1.33. The van der Waals surface area contributed by atoms with E-state index in [0.29, 0.717) is 0 Å². The summed E-state index contributed by atoms with van der Waals surface area (Å²) in [4.78, 5) is 11.5. The molecule has 0 N–H and O–H groups in total. The summed E-state index contributed by atoms with van der Waals surface area (Å²) in [6.45, 7) is 3.77. The molecular formula is C12H12O2. The molecule has 0 saturated carbocycles. The molecule has 72 valence electrons. The van der Waals surface area contributed by atoms with Gasteiger partial charge in [0.05, 0.1) is 0 Å². The van der Waals surface area contributed by atoms with Crippen molar-refractivity contribution in [3.63, 3.8) is 0 Å². The van der Waals surface area contributed by atoms with Crippen LogP contribution in [-0.4, -0.2) is 5.97 Å². The number of carbonyl (C=O) groups excluding carboxylic acids is 1. The van der Waals surface area contributed by atoms with E-state index in [1.807, 2.05) is 44.2 Å². The molecule has 0 aromatic heterocycles. The summed E-state index contributed by atoms with van der Waals surface area (Å²) in [5, 5.41) is 0. The SMILES string of the molecule is CC1=C(C)[C@@H](c2ccccc2)C(=O)O1. The second-order valence-electron chi connectivity index (χ2n) is 3.50. The fourth-order valence-electron chi connectivity index (χ4n) is 1.70. The van der Waals surface area contributed by atoms with Crippen LogP contribution in [-0.2, 0) is 9.53 Å². The fraction of sp³-hybridized carbons (Fsp3) is 0.250. The van der Waals surface area contributed by atoms with Crippen LogP contribution in [0.15, 0.2) is 41.7 Å². The van der Waals surface area contributed by atoms with Gasteiger partial charge in [0.2, 0.25) is 0 Å². The van der Waals surface area contributed by atoms with Crippen molar-refractivity contribution in [3.8, 4) is 0 Å². The summed E-state index contributed by atoms with van der Waals surface area (Å²) in [7, 11) is 0. The third-order valence-electron chi connectivity index (χ3n) is 2.61. The normalized spacial score (nSPS) is 21.3. The first-order valence-electron chi connectivity index (χ1n) is 4.64. The van der Waals surface area contributed by atoms with E-state index in [9.17, 15) is 4.79 Å². The van der Waals surface area contributed by atoms with Crippen LogP contribution in [0.5, 0.6) is 0 Å². The highest BCUT2D eigenvalue weighted by Crippen LogP contribution is 2.34. The molecular weight excluding hydrogens is 176 g/mol. The molecule has 1 heterocycles. The molecule has 0 saturated heterocycles. The van der Waals surface area contributed by atoms with E-state index in [-0.39, 0.29) is 11.9 Å². The average molecular weight is 188 g/mol. The van der Waals surface area contributed by atoms with Crippen LogP contribution < -0.4 is 0 Å². The van der Waals surface area contributed by atoms with Crippen molar-refractivity contribution in [1.29, 1.82) is 0 Å². The highest BCUT2D eigenvalue weighted by molar-refractivity contribution is 5.85. The number of hydrogen-bond donors (Lipinski definition) is 0. The molecule has 0 fully saturated rings. The second kappa shape index (κ2) is 3.29. The average Bonchev–Trinajstić information content (AvgIpc) is 2.43. The Morgan fingerprint density at radius 2 is 1.79 bits per heavy atom. The van der Waals surface area contributed by atoms with Crippen LogP contribution in [0.25, 0.3) is 0 Å². The van der Waals surface area contributed by atoms with Gasteiger partial charge in [0, 0.05) is 0 Å². The number of cyclic esters (lactones) is 1. The lowest BCUT2D eigenvalue weighted by Gasteiger charge is -2.07. The number of rotatable bonds is 1. The van der Waals surface area contributed by atoms with Gasteiger partial charge in [0.25, 0.3) is 0 Å². The molecule has 2 nitrogen and oxygen atoms in total. The highest BCUT2D eigenvalue weighted by Gasteiger charge is 2.31. The molecule has 0 aliphatic carbocycles. The summed E-state index contributed by atoms with van der Waals surface area (Å²) < 4.78 is 5.08. The molecule has 2 rings (SSSR count). The van der Waals surface area contributed by atoms with E-state index >= 15 is 0 Å². The van der Waals surface area contributed by atoms with E-state index in [4.69, 9.17) is 4.74 Å². The van der Waals surface area contributed by atoms with Crippen molar-refractivity contribution in [2.75, 3.05) is 0 Å². The second-order valence-corrected chi connectivity index (χ2v) is 3.50. The van der Waals surface area contributed by atoms with Crippen LogP contribution >= 0.6 is 0 Å². The Balaban J connectivity index is 2.41. The minimum Gasteiger partial charge on any atom is -0.431 e. The summed E-state index contributed by atoms with van der Waals surface area (Å²) in [5.41, 5.74) is 2.02. The van der Waals surface area contributed by atoms with E-state index < -0.39 is 0 Å². The molecule has 0 unspecified atom stereocenters. The van der Waals surface area contributed by atoms with Gasteiger partial charge in [0.1, 0.15) is 11.7 Å². The first-order valence-corrected chi connectivity index (χ1v) is 4.64. The summed E-state index contributed by atoms with van der Waals surface area (Å²) in [6.07, 6.45) is 0. The largest absolute Gasteiger partial charge is 0.431 e. The van der Waals surface area contributed by atoms with Crippen molar-refractivity contribution in [1.82, 2.24) is 0 Å². The van der Waals surface area contributed by atoms with Crippen molar-refractivity contribution in [2.24, 2.45) is 0 Å². The molecule has 0 radical (unpaired) electrons. The molecule has 1 aromatic carbocycles. The molecule has 1 atom stereocenters. The van der Waals surface area contributed by atoms with E-state index in [0.717, 1.165) is 16.9 Å². The smallest absolute Gasteiger partial charge is 0.322 e. The van der Waals surface area contributed by atoms with Crippen LogP contribution in [0, 0.1) is 0 Å². The van der Waals surface area contributed by atoms with E-state index in [1.165, 1.54) is 0 Å². The number of carbonyl (C=O) groups is 1. The van der Waals surface area contributed by atoms with Crippen molar-refractivity contribution in [2.45, 2.75) is 19.8 Å². The Bertz CT molecular complexity index is 390. The van der Waals surface area contributed by atoms with Gasteiger partial charge in [-0.05, 0) is 25.0 Å². The zero-order chi connectivity index (χ0) is 10.1. The predicted octanol–water partition coefficient (Wildman–Crippen LogP) is 2.62. The van der Waals surface area contributed by atoms with Gasteiger partial charge in [0.15, 0.2) is 0 Å². The maximum Gasteiger partial charge on any atom is 0.322 e. The molecule has 1 aromatic rings. The molecule has 0 amide bonds. The zero-order valence-corrected chi connectivity index (χ0v) is 8.28. The topological polar surface area (TPSA) is 26.3 Å². The van der Waals surface area contributed by atoms with Gasteiger partial charge in [-0.3, -0.25) is 4.79 Å². The number of benzene rings is 1. The summed E-state index contributed by atoms with van der Waals surface area (Å²) in [5.74, 6) is 0.381. The van der Waals surface area contributed by atoms with Crippen molar-refractivity contribution < 1.29 is 9.53 Å². The van der Waals surface area contributed by atoms with Crippen LogP contribution in [0.4, 0.5) is 0 Å². The Morgan fingerprint density at radius 3 is 2.29 bits per heavy atom. The maximum absolute atomic E-state index is 11.5. The third-order valence-corrected chi connectivity index (χ3v) is 2.61. The van der Waals surface area contributed by atoms with Gasteiger partial charge in [-0.1, -0.05) is 30.3 Å². The number of hydrogen-bond acceptors (Lipinski definition) is 2. The maximum atomic E-state index is 11.5. The minimum atomic E-state index is -0.198. The van der Waals surface area contributed by atoms with Gasteiger partial charge >= 0.3 is 5.97 Å². The van der Waals surface area contributed by atoms with E-state index in [2.05, 4.69) is 0 Å². The predicted molar refractivity (Wildman–Crippen MR) is 53.6 cm³/mol. The quantitative estimate of drug-likeness (QED) is 0.633. The van der Waals surface area contributed by atoms with Crippen LogP contribution in [0.2, 0.25) is 0 Å². The molecule has 1 aliphatic heterocycles.